The monoisotopic (exact) mass is 230 g/mol. The van der Waals surface area contributed by atoms with E-state index in [0.717, 1.165) is 0 Å². The quantitative estimate of drug-likeness (QED) is 0.697. The standard InChI is InChI=1S/C11H22N2O3/c1-3-15-9-7-13(11(14)5-6-12)8-10(9)16-4-2/h9-10H,3-8,12H2,1-2H3. The normalized spacial score (nSPS) is 25.1. The topological polar surface area (TPSA) is 64.8 Å². The van der Waals surface area contributed by atoms with Gasteiger partial charge in [0.1, 0.15) is 12.2 Å². The molecule has 0 radical (unpaired) electrons. The Balaban J connectivity index is 2.50. The summed E-state index contributed by atoms with van der Waals surface area (Å²) in [6.45, 7) is 6.84. The molecule has 1 amide bonds. The SMILES string of the molecule is CCOC1CN(C(=O)CCN)CC1OCC. The molecule has 0 aromatic rings. The molecule has 16 heavy (non-hydrogen) atoms. The summed E-state index contributed by atoms with van der Waals surface area (Å²) < 4.78 is 11.2. The molecule has 0 aliphatic carbocycles. The summed E-state index contributed by atoms with van der Waals surface area (Å²) in [4.78, 5) is 13.5. The maximum atomic E-state index is 11.7. The third-order valence-electron chi connectivity index (χ3n) is 2.69. The lowest BCUT2D eigenvalue weighted by Crippen LogP contribution is -2.31. The Morgan fingerprint density at radius 3 is 2.12 bits per heavy atom. The first-order valence-electron chi connectivity index (χ1n) is 5.93. The fraction of sp³-hybridized carbons (Fsp3) is 0.909. The Kier molecular flexibility index (Phi) is 5.73. The van der Waals surface area contributed by atoms with E-state index < -0.39 is 0 Å². The zero-order valence-electron chi connectivity index (χ0n) is 10.1. The van der Waals surface area contributed by atoms with Crippen molar-refractivity contribution in [3.8, 4) is 0 Å². The van der Waals surface area contributed by atoms with Crippen molar-refractivity contribution in [2.75, 3.05) is 32.8 Å². The largest absolute Gasteiger partial charge is 0.374 e. The Labute approximate surface area is 96.9 Å². The highest BCUT2D eigenvalue weighted by atomic mass is 16.5. The molecule has 1 heterocycles. The van der Waals surface area contributed by atoms with Crippen LogP contribution in [0.4, 0.5) is 0 Å². The van der Waals surface area contributed by atoms with Crippen molar-refractivity contribution < 1.29 is 14.3 Å². The minimum Gasteiger partial charge on any atom is -0.374 e. The first-order chi connectivity index (χ1) is 7.72. The van der Waals surface area contributed by atoms with Gasteiger partial charge in [-0.1, -0.05) is 0 Å². The van der Waals surface area contributed by atoms with Gasteiger partial charge in [-0.05, 0) is 13.8 Å². The van der Waals surface area contributed by atoms with Crippen LogP contribution in [-0.2, 0) is 14.3 Å². The fourth-order valence-electron chi connectivity index (χ4n) is 1.98. The van der Waals surface area contributed by atoms with Gasteiger partial charge in [-0.2, -0.15) is 0 Å². The van der Waals surface area contributed by atoms with Crippen LogP contribution in [0.3, 0.4) is 0 Å². The third-order valence-corrected chi connectivity index (χ3v) is 2.69. The van der Waals surface area contributed by atoms with Crippen LogP contribution in [0.1, 0.15) is 20.3 Å². The second kappa shape index (κ2) is 6.83. The van der Waals surface area contributed by atoms with Crippen LogP contribution in [0.15, 0.2) is 0 Å². The van der Waals surface area contributed by atoms with Crippen molar-refractivity contribution in [1.82, 2.24) is 4.90 Å². The minimum atomic E-state index is 0.00618. The molecule has 2 unspecified atom stereocenters. The van der Waals surface area contributed by atoms with E-state index in [9.17, 15) is 4.79 Å². The van der Waals surface area contributed by atoms with E-state index >= 15 is 0 Å². The van der Waals surface area contributed by atoms with E-state index in [0.29, 0.717) is 39.3 Å². The van der Waals surface area contributed by atoms with Crippen LogP contribution in [0.5, 0.6) is 0 Å². The maximum absolute atomic E-state index is 11.7. The minimum absolute atomic E-state index is 0.00618. The summed E-state index contributed by atoms with van der Waals surface area (Å²) in [5, 5.41) is 0. The summed E-state index contributed by atoms with van der Waals surface area (Å²) in [7, 11) is 0. The number of carbonyl (C=O) groups excluding carboxylic acids is 1. The van der Waals surface area contributed by atoms with E-state index in [1.54, 1.807) is 4.90 Å². The first kappa shape index (κ1) is 13.4. The zero-order valence-corrected chi connectivity index (χ0v) is 10.1. The lowest BCUT2D eigenvalue weighted by molar-refractivity contribution is -0.130. The van der Waals surface area contributed by atoms with Crippen molar-refractivity contribution in [3.05, 3.63) is 0 Å². The highest BCUT2D eigenvalue weighted by Crippen LogP contribution is 2.17. The first-order valence-corrected chi connectivity index (χ1v) is 5.93. The highest BCUT2D eigenvalue weighted by Gasteiger charge is 2.35. The van der Waals surface area contributed by atoms with Crippen molar-refractivity contribution in [1.29, 1.82) is 0 Å². The molecule has 1 saturated heterocycles. The summed E-state index contributed by atoms with van der Waals surface area (Å²) in [6, 6.07) is 0. The molecule has 0 bridgehead atoms. The summed E-state index contributed by atoms with van der Waals surface area (Å²) in [6.07, 6.45) is 0.413. The molecule has 0 saturated carbocycles. The van der Waals surface area contributed by atoms with Crippen LogP contribution in [0.25, 0.3) is 0 Å². The van der Waals surface area contributed by atoms with Gasteiger partial charge < -0.3 is 20.1 Å². The summed E-state index contributed by atoms with van der Waals surface area (Å²) in [5.74, 6) is 0.0920. The zero-order chi connectivity index (χ0) is 12.0. The number of carbonyl (C=O) groups is 1. The summed E-state index contributed by atoms with van der Waals surface area (Å²) >= 11 is 0. The van der Waals surface area contributed by atoms with Gasteiger partial charge >= 0.3 is 0 Å². The number of likely N-dealkylation sites (tertiary alicyclic amines) is 1. The molecule has 1 rings (SSSR count). The van der Waals surface area contributed by atoms with Gasteiger partial charge in [0.05, 0.1) is 0 Å². The summed E-state index contributed by atoms with van der Waals surface area (Å²) in [5.41, 5.74) is 5.37. The number of nitrogens with two attached hydrogens (primary N) is 1. The Morgan fingerprint density at radius 1 is 1.25 bits per heavy atom. The fourth-order valence-corrected chi connectivity index (χ4v) is 1.98. The Morgan fingerprint density at radius 2 is 1.75 bits per heavy atom. The lowest BCUT2D eigenvalue weighted by atomic mass is 10.2. The highest BCUT2D eigenvalue weighted by molar-refractivity contribution is 5.76. The number of rotatable bonds is 6. The van der Waals surface area contributed by atoms with Crippen LogP contribution >= 0.6 is 0 Å². The maximum Gasteiger partial charge on any atom is 0.224 e. The van der Waals surface area contributed by atoms with Gasteiger partial charge in [0, 0.05) is 39.3 Å². The molecule has 1 aliphatic rings. The van der Waals surface area contributed by atoms with Crippen molar-refractivity contribution >= 4 is 5.91 Å². The third kappa shape index (κ3) is 3.43. The smallest absolute Gasteiger partial charge is 0.224 e. The van der Waals surface area contributed by atoms with Crippen molar-refractivity contribution in [2.45, 2.75) is 32.5 Å². The molecule has 2 N–H and O–H groups in total. The Bertz CT molecular complexity index is 209. The number of hydrogen-bond acceptors (Lipinski definition) is 4. The van der Waals surface area contributed by atoms with Gasteiger partial charge in [-0.25, -0.2) is 0 Å². The van der Waals surface area contributed by atoms with Gasteiger partial charge in [0.2, 0.25) is 5.91 Å². The van der Waals surface area contributed by atoms with Gasteiger partial charge in [0.25, 0.3) is 0 Å². The molecule has 0 aromatic heterocycles. The van der Waals surface area contributed by atoms with Crippen LogP contribution in [0.2, 0.25) is 0 Å². The number of ether oxygens (including phenoxy) is 2. The van der Waals surface area contributed by atoms with Crippen molar-refractivity contribution in [2.24, 2.45) is 5.73 Å². The van der Waals surface area contributed by atoms with Crippen LogP contribution < -0.4 is 5.73 Å². The molecule has 0 spiro atoms. The molecule has 5 nitrogen and oxygen atoms in total. The Hall–Kier alpha value is -0.650. The van der Waals surface area contributed by atoms with E-state index in [1.807, 2.05) is 13.8 Å². The predicted molar refractivity (Wildman–Crippen MR) is 61.1 cm³/mol. The number of amides is 1. The lowest BCUT2D eigenvalue weighted by Gasteiger charge is -2.17. The van der Waals surface area contributed by atoms with E-state index in [4.69, 9.17) is 15.2 Å². The van der Waals surface area contributed by atoms with Crippen LogP contribution in [-0.4, -0.2) is 55.9 Å². The predicted octanol–water partition coefficient (Wildman–Crippen LogP) is -0.0124. The van der Waals surface area contributed by atoms with Gasteiger partial charge in [-0.15, -0.1) is 0 Å². The van der Waals surface area contributed by atoms with E-state index in [-0.39, 0.29) is 18.1 Å². The van der Waals surface area contributed by atoms with E-state index in [2.05, 4.69) is 0 Å². The van der Waals surface area contributed by atoms with Crippen molar-refractivity contribution in [3.63, 3.8) is 0 Å². The second-order valence-electron chi connectivity index (χ2n) is 3.82. The van der Waals surface area contributed by atoms with Gasteiger partial charge in [0.15, 0.2) is 0 Å². The van der Waals surface area contributed by atoms with Gasteiger partial charge in [-0.3, -0.25) is 4.79 Å². The molecule has 1 fully saturated rings. The average Bonchev–Trinajstić information content (AvgIpc) is 2.64. The number of hydrogen-bond donors (Lipinski definition) is 1. The van der Waals surface area contributed by atoms with E-state index in [1.165, 1.54) is 0 Å². The molecular weight excluding hydrogens is 208 g/mol. The second-order valence-corrected chi connectivity index (χ2v) is 3.82. The molecular formula is C11H22N2O3. The van der Waals surface area contributed by atoms with Crippen LogP contribution in [0, 0.1) is 0 Å². The molecule has 94 valence electrons. The molecule has 1 aliphatic heterocycles. The molecule has 5 heteroatoms. The molecule has 2 atom stereocenters. The average molecular weight is 230 g/mol. The number of nitrogens with zero attached hydrogens (tertiary/aromatic N) is 1. The molecule has 0 aromatic carbocycles.